The Balaban J connectivity index is 2.21. The summed E-state index contributed by atoms with van der Waals surface area (Å²) in [7, 11) is 0. The number of carboxylic acid groups (broad SMARTS) is 1. The highest BCUT2D eigenvalue weighted by molar-refractivity contribution is 5.80. The van der Waals surface area contributed by atoms with Crippen molar-refractivity contribution in [2.24, 2.45) is 5.92 Å². The van der Waals surface area contributed by atoms with E-state index < -0.39 is 5.97 Å². The quantitative estimate of drug-likeness (QED) is 0.698. The number of urea groups is 1. The molecule has 2 amide bonds. The minimum Gasteiger partial charge on any atom is -0.480 e. The molecule has 0 bridgehead atoms. The van der Waals surface area contributed by atoms with E-state index in [1.807, 2.05) is 13.8 Å². The van der Waals surface area contributed by atoms with E-state index in [-0.39, 0.29) is 18.6 Å². The Bertz CT molecular complexity index is 299. The fourth-order valence-corrected chi connectivity index (χ4v) is 2.62. The zero-order valence-electron chi connectivity index (χ0n) is 12.0. The van der Waals surface area contributed by atoms with E-state index in [2.05, 4.69) is 5.32 Å². The van der Waals surface area contributed by atoms with Gasteiger partial charge in [0.1, 0.15) is 6.54 Å². The average Bonchev–Trinajstić information content (AvgIpc) is 2.83. The second-order valence-electron chi connectivity index (χ2n) is 5.64. The van der Waals surface area contributed by atoms with Gasteiger partial charge in [0.15, 0.2) is 0 Å². The van der Waals surface area contributed by atoms with E-state index in [9.17, 15) is 9.59 Å². The number of rotatable bonds is 7. The Morgan fingerprint density at radius 2 is 1.95 bits per heavy atom. The van der Waals surface area contributed by atoms with Crippen molar-refractivity contribution in [3.05, 3.63) is 0 Å². The molecule has 0 aliphatic heterocycles. The third-order valence-corrected chi connectivity index (χ3v) is 3.73. The monoisotopic (exact) mass is 270 g/mol. The van der Waals surface area contributed by atoms with Crippen LogP contribution in [-0.4, -0.2) is 41.1 Å². The minimum atomic E-state index is -0.977. The molecule has 1 fully saturated rings. The molecule has 0 aromatic heterocycles. The zero-order chi connectivity index (χ0) is 14.3. The molecule has 1 aliphatic carbocycles. The first-order valence-electron chi connectivity index (χ1n) is 7.27. The lowest BCUT2D eigenvalue weighted by Crippen LogP contribution is -2.46. The van der Waals surface area contributed by atoms with Crippen LogP contribution in [0.2, 0.25) is 0 Å². The van der Waals surface area contributed by atoms with Gasteiger partial charge in [0.05, 0.1) is 0 Å². The van der Waals surface area contributed by atoms with Crippen LogP contribution in [0.4, 0.5) is 4.79 Å². The van der Waals surface area contributed by atoms with Gasteiger partial charge in [-0.25, -0.2) is 4.79 Å². The summed E-state index contributed by atoms with van der Waals surface area (Å²) in [6, 6.07) is -0.380. The second-order valence-corrected chi connectivity index (χ2v) is 5.64. The standard InChI is InChI=1S/C14H26N2O3/c1-11(2)16(10-13(17)18)14(19)15-9-5-8-12-6-3-4-7-12/h11-12H,3-10H2,1-2H3,(H,15,19)(H,17,18). The summed E-state index contributed by atoms with van der Waals surface area (Å²) >= 11 is 0. The van der Waals surface area contributed by atoms with Crippen LogP contribution in [0.15, 0.2) is 0 Å². The lowest BCUT2D eigenvalue weighted by atomic mass is 10.0. The Labute approximate surface area is 115 Å². The van der Waals surface area contributed by atoms with Crippen LogP contribution in [0, 0.1) is 5.92 Å². The highest BCUT2D eigenvalue weighted by atomic mass is 16.4. The van der Waals surface area contributed by atoms with E-state index in [1.165, 1.54) is 37.0 Å². The number of hydrogen-bond donors (Lipinski definition) is 2. The van der Waals surface area contributed by atoms with Crippen molar-refractivity contribution >= 4 is 12.0 Å². The molecule has 0 atom stereocenters. The van der Waals surface area contributed by atoms with Gasteiger partial charge in [0, 0.05) is 12.6 Å². The lowest BCUT2D eigenvalue weighted by molar-refractivity contribution is -0.138. The summed E-state index contributed by atoms with van der Waals surface area (Å²) in [6.45, 7) is 4.03. The topological polar surface area (TPSA) is 69.6 Å². The number of carbonyl (C=O) groups is 2. The number of hydrogen-bond acceptors (Lipinski definition) is 2. The van der Waals surface area contributed by atoms with Crippen molar-refractivity contribution in [2.45, 2.75) is 58.4 Å². The predicted molar refractivity (Wildman–Crippen MR) is 74.1 cm³/mol. The lowest BCUT2D eigenvalue weighted by Gasteiger charge is -2.25. The van der Waals surface area contributed by atoms with Crippen LogP contribution >= 0.6 is 0 Å². The summed E-state index contributed by atoms with van der Waals surface area (Å²) in [6.07, 6.45) is 7.49. The maximum absolute atomic E-state index is 11.9. The van der Waals surface area contributed by atoms with E-state index in [1.54, 1.807) is 0 Å². The molecule has 0 saturated heterocycles. The number of nitrogens with one attached hydrogen (secondary N) is 1. The number of amides is 2. The Hall–Kier alpha value is -1.26. The Kier molecular flexibility index (Phi) is 6.67. The van der Waals surface area contributed by atoms with Crippen LogP contribution in [0.25, 0.3) is 0 Å². The zero-order valence-corrected chi connectivity index (χ0v) is 12.0. The molecule has 5 heteroatoms. The third kappa shape index (κ3) is 5.94. The number of carboxylic acids is 1. The summed E-state index contributed by atoms with van der Waals surface area (Å²) < 4.78 is 0. The van der Waals surface area contributed by atoms with Crippen LogP contribution < -0.4 is 5.32 Å². The van der Waals surface area contributed by atoms with Crippen molar-refractivity contribution in [2.75, 3.05) is 13.1 Å². The minimum absolute atomic E-state index is 0.106. The molecule has 110 valence electrons. The van der Waals surface area contributed by atoms with Crippen molar-refractivity contribution in [1.29, 1.82) is 0 Å². The van der Waals surface area contributed by atoms with Crippen molar-refractivity contribution in [1.82, 2.24) is 10.2 Å². The number of carbonyl (C=O) groups excluding carboxylic acids is 1. The maximum Gasteiger partial charge on any atom is 0.323 e. The third-order valence-electron chi connectivity index (χ3n) is 3.73. The summed E-state index contributed by atoms with van der Waals surface area (Å²) in [5.74, 6) is -0.146. The molecule has 0 spiro atoms. The summed E-state index contributed by atoms with van der Waals surface area (Å²) in [4.78, 5) is 23.9. The van der Waals surface area contributed by atoms with Gasteiger partial charge in [0.2, 0.25) is 0 Å². The maximum atomic E-state index is 11.9. The van der Waals surface area contributed by atoms with Crippen molar-refractivity contribution in [3.63, 3.8) is 0 Å². The van der Waals surface area contributed by atoms with E-state index >= 15 is 0 Å². The first kappa shape index (κ1) is 15.8. The predicted octanol–water partition coefficient (Wildman–Crippen LogP) is 2.46. The smallest absolute Gasteiger partial charge is 0.323 e. The second kappa shape index (κ2) is 8.02. The molecule has 0 unspecified atom stereocenters. The van der Waals surface area contributed by atoms with E-state index in [4.69, 9.17) is 5.11 Å². The highest BCUT2D eigenvalue weighted by Crippen LogP contribution is 2.28. The molecule has 1 rings (SSSR count). The van der Waals surface area contributed by atoms with Crippen molar-refractivity contribution < 1.29 is 14.7 Å². The molecule has 0 heterocycles. The average molecular weight is 270 g/mol. The molecule has 1 aliphatic rings. The molecule has 0 aromatic carbocycles. The first-order chi connectivity index (χ1) is 9.00. The van der Waals surface area contributed by atoms with E-state index in [0.29, 0.717) is 6.54 Å². The molecule has 2 N–H and O–H groups in total. The number of nitrogens with zero attached hydrogens (tertiary/aromatic N) is 1. The van der Waals surface area contributed by atoms with Crippen LogP contribution in [0.1, 0.15) is 52.4 Å². The van der Waals surface area contributed by atoms with Gasteiger partial charge < -0.3 is 15.3 Å². The molecule has 5 nitrogen and oxygen atoms in total. The molecule has 0 radical (unpaired) electrons. The normalized spacial score (nSPS) is 15.7. The fourth-order valence-electron chi connectivity index (χ4n) is 2.62. The summed E-state index contributed by atoms with van der Waals surface area (Å²) in [5.41, 5.74) is 0. The van der Waals surface area contributed by atoms with Gasteiger partial charge in [-0.3, -0.25) is 4.79 Å². The molecular formula is C14H26N2O3. The van der Waals surface area contributed by atoms with Crippen LogP contribution in [0.3, 0.4) is 0 Å². The molecule has 19 heavy (non-hydrogen) atoms. The highest BCUT2D eigenvalue weighted by Gasteiger charge is 2.19. The summed E-state index contributed by atoms with van der Waals surface area (Å²) in [5, 5.41) is 11.6. The molecule has 1 saturated carbocycles. The SMILES string of the molecule is CC(C)N(CC(=O)O)C(=O)NCCCC1CCCC1. The van der Waals surface area contributed by atoms with Gasteiger partial charge in [-0.1, -0.05) is 25.7 Å². The van der Waals surface area contributed by atoms with Gasteiger partial charge in [-0.2, -0.15) is 0 Å². The molecular weight excluding hydrogens is 244 g/mol. The van der Waals surface area contributed by atoms with Gasteiger partial charge in [-0.05, 0) is 32.6 Å². The Morgan fingerprint density at radius 3 is 2.47 bits per heavy atom. The van der Waals surface area contributed by atoms with Gasteiger partial charge >= 0.3 is 12.0 Å². The molecule has 0 aromatic rings. The van der Waals surface area contributed by atoms with Gasteiger partial charge in [0.25, 0.3) is 0 Å². The van der Waals surface area contributed by atoms with Crippen LogP contribution in [-0.2, 0) is 4.79 Å². The fraction of sp³-hybridized carbons (Fsp3) is 0.857. The Morgan fingerprint density at radius 1 is 1.32 bits per heavy atom. The largest absolute Gasteiger partial charge is 0.480 e. The first-order valence-corrected chi connectivity index (χ1v) is 7.27. The van der Waals surface area contributed by atoms with Crippen LogP contribution in [0.5, 0.6) is 0 Å². The van der Waals surface area contributed by atoms with Crippen molar-refractivity contribution in [3.8, 4) is 0 Å². The number of aliphatic carboxylic acids is 1. The van der Waals surface area contributed by atoms with Gasteiger partial charge in [-0.15, -0.1) is 0 Å². The van der Waals surface area contributed by atoms with E-state index in [0.717, 1.165) is 12.3 Å².